The minimum absolute atomic E-state index is 0.00830. The van der Waals surface area contributed by atoms with Gasteiger partial charge in [0, 0.05) is 13.2 Å². The third-order valence-electron chi connectivity index (χ3n) is 2.78. The molecule has 0 aromatic carbocycles. The number of hydrogen-bond acceptors (Lipinski definition) is 4. The molecule has 0 radical (unpaired) electrons. The average molecular weight is 275 g/mol. The van der Waals surface area contributed by atoms with Gasteiger partial charge in [0.2, 0.25) is 0 Å². The highest BCUT2D eigenvalue weighted by Gasteiger charge is 2.15. The first-order valence-corrected chi connectivity index (χ1v) is 6.89. The first kappa shape index (κ1) is 13.0. The lowest BCUT2D eigenvalue weighted by atomic mass is 10.0. The molecular formula is C12H15ClO3S. The molecule has 17 heavy (non-hydrogen) atoms. The summed E-state index contributed by atoms with van der Waals surface area (Å²) in [6.45, 7) is 2.41. The van der Waals surface area contributed by atoms with Crippen LogP contribution in [0.4, 0.5) is 0 Å². The molecule has 0 saturated carbocycles. The van der Waals surface area contributed by atoms with Crippen molar-refractivity contribution in [3.05, 3.63) is 21.3 Å². The van der Waals surface area contributed by atoms with Crippen molar-refractivity contribution < 1.29 is 14.3 Å². The summed E-state index contributed by atoms with van der Waals surface area (Å²) < 4.78 is 11.4. The van der Waals surface area contributed by atoms with Crippen LogP contribution in [0.25, 0.3) is 0 Å². The Morgan fingerprint density at radius 2 is 2.24 bits per heavy atom. The van der Waals surface area contributed by atoms with Gasteiger partial charge in [-0.2, -0.15) is 0 Å². The maximum Gasteiger partial charge on any atom is 0.198 e. The molecule has 1 aliphatic heterocycles. The van der Waals surface area contributed by atoms with Gasteiger partial charge in [-0.25, -0.2) is 0 Å². The highest BCUT2D eigenvalue weighted by atomic mass is 35.5. The molecule has 0 aliphatic carbocycles. The lowest BCUT2D eigenvalue weighted by Gasteiger charge is -2.21. The minimum Gasteiger partial charge on any atom is -0.381 e. The molecule has 94 valence electrons. The summed E-state index contributed by atoms with van der Waals surface area (Å²) in [5.41, 5.74) is 0. The predicted octanol–water partition coefficient (Wildman–Crippen LogP) is 3.03. The number of thiophene rings is 1. The highest BCUT2D eigenvalue weighted by molar-refractivity contribution is 7.18. The highest BCUT2D eigenvalue weighted by Crippen LogP contribution is 2.22. The monoisotopic (exact) mass is 274 g/mol. The van der Waals surface area contributed by atoms with Gasteiger partial charge < -0.3 is 9.47 Å². The van der Waals surface area contributed by atoms with Gasteiger partial charge in [-0.3, -0.25) is 4.79 Å². The van der Waals surface area contributed by atoms with Gasteiger partial charge in [0.15, 0.2) is 5.78 Å². The van der Waals surface area contributed by atoms with Gasteiger partial charge in [0.1, 0.15) is 6.61 Å². The summed E-state index contributed by atoms with van der Waals surface area (Å²) in [7, 11) is 0. The van der Waals surface area contributed by atoms with Gasteiger partial charge >= 0.3 is 0 Å². The van der Waals surface area contributed by atoms with Crippen LogP contribution >= 0.6 is 22.9 Å². The molecule has 1 fully saturated rings. The number of carbonyl (C=O) groups excluding carboxylic acids is 1. The zero-order chi connectivity index (χ0) is 12.1. The zero-order valence-corrected chi connectivity index (χ0v) is 11.1. The van der Waals surface area contributed by atoms with Gasteiger partial charge in [-0.1, -0.05) is 11.6 Å². The molecule has 0 atom stereocenters. The number of ether oxygens (including phenoxy) is 2. The van der Waals surface area contributed by atoms with Gasteiger partial charge in [0.25, 0.3) is 0 Å². The van der Waals surface area contributed by atoms with E-state index in [1.54, 1.807) is 12.1 Å². The number of ketones is 1. The van der Waals surface area contributed by atoms with E-state index in [0.29, 0.717) is 21.7 Å². The molecular weight excluding hydrogens is 260 g/mol. The van der Waals surface area contributed by atoms with Crippen molar-refractivity contribution in [2.75, 3.05) is 26.4 Å². The molecule has 2 heterocycles. The summed E-state index contributed by atoms with van der Waals surface area (Å²) in [6.07, 6.45) is 2.05. The molecule has 3 nitrogen and oxygen atoms in total. The van der Waals surface area contributed by atoms with Crippen LogP contribution in [0.15, 0.2) is 12.1 Å². The summed E-state index contributed by atoms with van der Waals surface area (Å²) in [4.78, 5) is 12.4. The lowest BCUT2D eigenvalue weighted by Crippen LogP contribution is -2.21. The third kappa shape index (κ3) is 4.07. The Morgan fingerprint density at radius 3 is 2.88 bits per heavy atom. The van der Waals surface area contributed by atoms with Crippen LogP contribution in [0.2, 0.25) is 4.34 Å². The Bertz CT molecular complexity index is 372. The van der Waals surface area contributed by atoms with E-state index in [-0.39, 0.29) is 12.4 Å². The summed E-state index contributed by atoms with van der Waals surface area (Å²) >= 11 is 7.07. The molecule has 0 bridgehead atoms. The van der Waals surface area contributed by atoms with Crippen molar-refractivity contribution in [3.8, 4) is 0 Å². The third-order valence-corrected chi connectivity index (χ3v) is 4.05. The molecule has 0 unspecified atom stereocenters. The number of carbonyl (C=O) groups is 1. The smallest absolute Gasteiger partial charge is 0.198 e. The standard InChI is InChI=1S/C12H15ClO3S/c13-12-2-1-11(17-12)10(14)8-16-7-9-3-5-15-6-4-9/h1-2,9H,3-8H2. The molecule has 2 rings (SSSR count). The van der Waals surface area contributed by atoms with E-state index in [1.807, 2.05) is 0 Å². The fourth-order valence-corrected chi connectivity index (χ4v) is 2.73. The topological polar surface area (TPSA) is 35.5 Å². The van der Waals surface area contributed by atoms with E-state index < -0.39 is 0 Å². The van der Waals surface area contributed by atoms with Crippen molar-refractivity contribution in [1.29, 1.82) is 0 Å². The Hall–Kier alpha value is -0.420. The minimum atomic E-state index is 0.00830. The lowest BCUT2D eigenvalue weighted by molar-refractivity contribution is 0.0217. The molecule has 1 aliphatic rings. The molecule has 1 aromatic rings. The maximum absolute atomic E-state index is 11.7. The molecule has 0 spiro atoms. The molecule has 0 amide bonds. The Labute approximate surface area is 110 Å². The summed E-state index contributed by atoms with van der Waals surface area (Å²) in [5, 5.41) is 0. The fourth-order valence-electron chi connectivity index (χ4n) is 1.77. The SMILES string of the molecule is O=C(COCC1CCOCC1)c1ccc(Cl)s1. The van der Waals surface area contributed by atoms with Gasteiger partial charge in [0.05, 0.1) is 15.8 Å². The van der Waals surface area contributed by atoms with Gasteiger partial charge in [-0.15, -0.1) is 11.3 Å². The van der Waals surface area contributed by atoms with Crippen LogP contribution < -0.4 is 0 Å². The Morgan fingerprint density at radius 1 is 1.47 bits per heavy atom. The van der Waals surface area contributed by atoms with Crippen molar-refractivity contribution in [3.63, 3.8) is 0 Å². The summed E-state index contributed by atoms with van der Waals surface area (Å²) in [6, 6.07) is 3.48. The van der Waals surface area contributed by atoms with Crippen molar-refractivity contribution >= 4 is 28.7 Å². The number of Topliss-reactive ketones (excluding diaryl/α,β-unsaturated/α-hetero) is 1. The van der Waals surface area contributed by atoms with E-state index in [2.05, 4.69) is 0 Å². The van der Waals surface area contributed by atoms with Crippen LogP contribution in [-0.2, 0) is 9.47 Å². The van der Waals surface area contributed by atoms with Crippen LogP contribution in [0.1, 0.15) is 22.5 Å². The number of halogens is 1. The van der Waals surface area contributed by atoms with Crippen LogP contribution in [0.5, 0.6) is 0 Å². The number of hydrogen-bond donors (Lipinski definition) is 0. The first-order chi connectivity index (χ1) is 8.25. The van der Waals surface area contributed by atoms with Crippen molar-refractivity contribution in [1.82, 2.24) is 0 Å². The second-order valence-electron chi connectivity index (χ2n) is 4.10. The van der Waals surface area contributed by atoms with E-state index in [0.717, 1.165) is 26.1 Å². The van der Waals surface area contributed by atoms with Crippen LogP contribution in [0.3, 0.4) is 0 Å². The van der Waals surface area contributed by atoms with Crippen LogP contribution in [-0.4, -0.2) is 32.2 Å². The second-order valence-corrected chi connectivity index (χ2v) is 5.81. The molecule has 0 N–H and O–H groups in total. The van der Waals surface area contributed by atoms with E-state index >= 15 is 0 Å². The maximum atomic E-state index is 11.7. The Kier molecular flexibility index (Phi) is 4.98. The van der Waals surface area contributed by atoms with Crippen LogP contribution in [0, 0.1) is 5.92 Å². The quantitative estimate of drug-likeness (QED) is 0.774. The Balaban J connectivity index is 1.69. The fraction of sp³-hybridized carbons (Fsp3) is 0.583. The van der Waals surface area contributed by atoms with E-state index in [9.17, 15) is 4.79 Å². The average Bonchev–Trinajstić information content (AvgIpc) is 2.77. The summed E-state index contributed by atoms with van der Waals surface area (Å²) in [5.74, 6) is 0.539. The molecule has 1 saturated heterocycles. The zero-order valence-electron chi connectivity index (χ0n) is 9.49. The predicted molar refractivity (Wildman–Crippen MR) is 68.0 cm³/mol. The van der Waals surface area contributed by atoms with Gasteiger partial charge in [-0.05, 0) is 30.9 Å². The second kappa shape index (κ2) is 6.50. The largest absolute Gasteiger partial charge is 0.381 e. The van der Waals surface area contributed by atoms with Crippen molar-refractivity contribution in [2.45, 2.75) is 12.8 Å². The normalized spacial score (nSPS) is 17.2. The van der Waals surface area contributed by atoms with Crippen molar-refractivity contribution in [2.24, 2.45) is 5.92 Å². The van der Waals surface area contributed by atoms with E-state index in [4.69, 9.17) is 21.1 Å². The molecule has 1 aromatic heterocycles. The first-order valence-electron chi connectivity index (χ1n) is 5.70. The number of rotatable bonds is 5. The van der Waals surface area contributed by atoms with E-state index in [1.165, 1.54) is 11.3 Å². The molecule has 5 heteroatoms.